The van der Waals surface area contributed by atoms with E-state index in [9.17, 15) is 9.90 Å². The van der Waals surface area contributed by atoms with Crippen LogP contribution >= 0.6 is 0 Å². The third-order valence-corrected chi connectivity index (χ3v) is 4.80. The first-order chi connectivity index (χ1) is 9.16. The maximum Gasteiger partial charge on any atom is 0.222 e. The van der Waals surface area contributed by atoms with E-state index >= 15 is 0 Å². The van der Waals surface area contributed by atoms with Crippen LogP contribution in [0.3, 0.4) is 0 Å². The molecule has 1 saturated carbocycles. The second-order valence-electron chi connectivity index (χ2n) is 6.51. The Morgan fingerprint density at radius 3 is 2.63 bits per heavy atom. The molecule has 3 nitrogen and oxygen atoms in total. The lowest BCUT2D eigenvalue weighted by atomic mass is 9.86. The van der Waals surface area contributed by atoms with Crippen LogP contribution in [0.15, 0.2) is 0 Å². The monoisotopic (exact) mass is 267 g/mol. The van der Waals surface area contributed by atoms with E-state index in [1.165, 1.54) is 32.1 Å². The molecular weight excluding hydrogens is 238 g/mol. The van der Waals surface area contributed by atoms with Gasteiger partial charge in [-0.15, -0.1) is 0 Å². The molecule has 2 aliphatic rings. The molecule has 1 aliphatic heterocycles. The Kier molecular flexibility index (Phi) is 5.68. The van der Waals surface area contributed by atoms with Gasteiger partial charge in [-0.1, -0.05) is 32.1 Å². The summed E-state index contributed by atoms with van der Waals surface area (Å²) in [6.45, 7) is 2.73. The minimum atomic E-state index is -0.295. The third kappa shape index (κ3) is 4.48. The van der Waals surface area contributed by atoms with Gasteiger partial charge in [-0.2, -0.15) is 0 Å². The van der Waals surface area contributed by atoms with Gasteiger partial charge in [0, 0.05) is 19.0 Å². The zero-order valence-electron chi connectivity index (χ0n) is 12.3. The molecule has 3 heteroatoms. The van der Waals surface area contributed by atoms with Gasteiger partial charge in [-0.25, -0.2) is 0 Å². The van der Waals surface area contributed by atoms with E-state index in [0.717, 1.165) is 44.6 Å². The number of carbonyl (C=O) groups excluding carboxylic acids is 1. The van der Waals surface area contributed by atoms with Gasteiger partial charge in [0.2, 0.25) is 5.91 Å². The standard InChI is InChI=1S/C16H29NO2/c1-13(18)12-15-8-5-11-17(15)16(19)10-9-14-6-3-2-4-7-14/h13-15,18H,2-12H2,1H3. The lowest BCUT2D eigenvalue weighted by molar-refractivity contribution is -0.132. The average Bonchev–Trinajstić information content (AvgIpc) is 2.84. The molecule has 0 bridgehead atoms. The first kappa shape index (κ1) is 14.8. The summed E-state index contributed by atoms with van der Waals surface area (Å²) in [5, 5.41) is 9.51. The van der Waals surface area contributed by atoms with E-state index in [1.807, 2.05) is 11.8 Å². The first-order valence-electron chi connectivity index (χ1n) is 8.14. The number of nitrogens with zero attached hydrogens (tertiary/aromatic N) is 1. The van der Waals surface area contributed by atoms with Crippen LogP contribution in [0.2, 0.25) is 0 Å². The second kappa shape index (κ2) is 7.28. The summed E-state index contributed by atoms with van der Waals surface area (Å²) in [5.41, 5.74) is 0. The SMILES string of the molecule is CC(O)CC1CCCN1C(=O)CCC1CCCCC1. The van der Waals surface area contributed by atoms with Crippen molar-refractivity contribution in [2.24, 2.45) is 5.92 Å². The number of hydrogen-bond donors (Lipinski definition) is 1. The molecule has 2 fully saturated rings. The van der Waals surface area contributed by atoms with Crippen molar-refractivity contribution >= 4 is 5.91 Å². The summed E-state index contributed by atoms with van der Waals surface area (Å²) >= 11 is 0. The molecule has 1 saturated heterocycles. The number of carbonyl (C=O) groups is 1. The maximum atomic E-state index is 12.3. The Bertz CT molecular complexity index is 284. The van der Waals surface area contributed by atoms with Crippen LogP contribution in [0.1, 0.15) is 71.1 Å². The smallest absolute Gasteiger partial charge is 0.222 e. The van der Waals surface area contributed by atoms with E-state index in [0.29, 0.717) is 11.9 Å². The second-order valence-corrected chi connectivity index (χ2v) is 6.51. The van der Waals surface area contributed by atoms with Crippen LogP contribution < -0.4 is 0 Å². The van der Waals surface area contributed by atoms with Crippen LogP contribution in [0, 0.1) is 5.92 Å². The molecule has 1 amide bonds. The maximum absolute atomic E-state index is 12.3. The van der Waals surface area contributed by atoms with E-state index in [4.69, 9.17) is 0 Å². The molecule has 1 aliphatic carbocycles. The fourth-order valence-corrected chi connectivity index (χ4v) is 3.75. The summed E-state index contributed by atoms with van der Waals surface area (Å²) in [7, 11) is 0. The summed E-state index contributed by atoms with van der Waals surface area (Å²) in [6, 6.07) is 0.291. The van der Waals surface area contributed by atoms with Crippen LogP contribution in [-0.4, -0.2) is 34.6 Å². The molecule has 1 heterocycles. The molecule has 2 rings (SSSR count). The molecule has 0 aromatic heterocycles. The molecule has 110 valence electrons. The Morgan fingerprint density at radius 2 is 1.95 bits per heavy atom. The van der Waals surface area contributed by atoms with Crippen molar-refractivity contribution in [1.82, 2.24) is 4.90 Å². The summed E-state index contributed by atoms with van der Waals surface area (Å²) < 4.78 is 0. The third-order valence-electron chi connectivity index (χ3n) is 4.80. The lowest BCUT2D eigenvalue weighted by Crippen LogP contribution is -2.37. The molecule has 2 unspecified atom stereocenters. The molecule has 1 N–H and O–H groups in total. The summed E-state index contributed by atoms with van der Waals surface area (Å²) in [4.78, 5) is 14.4. The Labute approximate surface area is 117 Å². The molecule has 0 radical (unpaired) electrons. The van der Waals surface area contributed by atoms with Gasteiger partial charge in [0.05, 0.1) is 6.10 Å². The lowest BCUT2D eigenvalue weighted by Gasteiger charge is -2.27. The van der Waals surface area contributed by atoms with Crippen molar-refractivity contribution in [3.63, 3.8) is 0 Å². The largest absolute Gasteiger partial charge is 0.393 e. The average molecular weight is 267 g/mol. The van der Waals surface area contributed by atoms with E-state index in [2.05, 4.69) is 0 Å². The van der Waals surface area contributed by atoms with Crippen LogP contribution in [0.4, 0.5) is 0 Å². The van der Waals surface area contributed by atoms with Crippen LogP contribution in [-0.2, 0) is 4.79 Å². The highest BCUT2D eigenvalue weighted by Crippen LogP contribution is 2.29. The Balaban J connectivity index is 1.75. The number of rotatable bonds is 5. The Morgan fingerprint density at radius 1 is 1.21 bits per heavy atom. The minimum absolute atomic E-state index is 0.291. The quantitative estimate of drug-likeness (QED) is 0.831. The van der Waals surface area contributed by atoms with Gasteiger partial charge in [0.1, 0.15) is 0 Å². The van der Waals surface area contributed by atoms with Crippen molar-refractivity contribution in [3.05, 3.63) is 0 Å². The van der Waals surface area contributed by atoms with Crippen molar-refractivity contribution < 1.29 is 9.90 Å². The summed E-state index contributed by atoms with van der Waals surface area (Å²) in [6.07, 6.45) is 11.2. The molecular formula is C16H29NO2. The van der Waals surface area contributed by atoms with E-state index in [-0.39, 0.29) is 6.10 Å². The van der Waals surface area contributed by atoms with E-state index < -0.39 is 0 Å². The molecule has 19 heavy (non-hydrogen) atoms. The van der Waals surface area contributed by atoms with Crippen molar-refractivity contribution in [3.8, 4) is 0 Å². The number of hydrogen-bond acceptors (Lipinski definition) is 2. The van der Waals surface area contributed by atoms with Crippen LogP contribution in [0.5, 0.6) is 0 Å². The predicted molar refractivity (Wildman–Crippen MR) is 76.8 cm³/mol. The highest BCUT2D eigenvalue weighted by molar-refractivity contribution is 5.76. The number of likely N-dealkylation sites (tertiary alicyclic amines) is 1. The molecule has 0 aromatic carbocycles. The van der Waals surface area contributed by atoms with Gasteiger partial charge < -0.3 is 10.0 Å². The highest BCUT2D eigenvalue weighted by atomic mass is 16.3. The topological polar surface area (TPSA) is 40.5 Å². The molecule has 0 spiro atoms. The van der Waals surface area contributed by atoms with Gasteiger partial charge >= 0.3 is 0 Å². The van der Waals surface area contributed by atoms with Gasteiger partial charge in [0.25, 0.3) is 0 Å². The number of aliphatic hydroxyl groups is 1. The van der Waals surface area contributed by atoms with Gasteiger partial charge in [-0.3, -0.25) is 4.79 Å². The zero-order valence-corrected chi connectivity index (χ0v) is 12.3. The van der Waals surface area contributed by atoms with E-state index in [1.54, 1.807) is 0 Å². The number of amides is 1. The molecule has 0 aromatic rings. The fourth-order valence-electron chi connectivity index (χ4n) is 3.75. The normalized spacial score (nSPS) is 26.6. The number of aliphatic hydroxyl groups excluding tert-OH is 1. The zero-order chi connectivity index (χ0) is 13.7. The fraction of sp³-hybridized carbons (Fsp3) is 0.938. The van der Waals surface area contributed by atoms with Crippen molar-refractivity contribution in [2.75, 3.05) is 6.54 Å². The van der Waals surface area contributed by atoms with Gasteiger partial charge in [0.15, 0.2) is 0 Å². The minimum Gasteiger partial charge on any atom is -0.393 e. The predicted octanol–water partition coefficient (Wildman–Crippen LogP) is 3.11. The van der Waals surface area contributed by atoms with Crippen molar-refractivity contribution in [1.29, 1.82) is 0 Å². The first-order valence-corrected chi connectivity index (χ1v) is 8.14. The highest BCUT2D eigenvalue weighted by Gasteiger charge is 2.29. The van der Waals surface area contributed by atoms with Crippen LogP contribution in [0.25, 0.3) is 0 Å². The molecule has 2 atom stereocenters. The van der Waals surface area contributed by atoms with Crippen molar-refractivity contribution in [2.45, 2.75) is 83.3 Å². The van der Waals surface area contributed by atoms with Gasteiger partial charge in [-0.05, 0) is 38.5 Å². The summed E-state index contributed by atoms with van der Waals surface area (Å²) in [5.74, 6) is 1.12. The Hall–Kier alpha value is -0.570.